The zero-order chi connectivity index (χ0) is 15.1. The number of rotatable bonds is 6. The molecule has 4 nitrogen and oxygen atoms in total. The first-order valence-electron chi connectivity index (χ1n) is 6.56. The molecule has 1 aromatic carbocycles. The minimum Gasteiger partial charge on any atom is -0.497 e. The summed E-state index contributed by atoms with van der Waals surface area (Å²) in [6, 6.07) is 11.1. The van der Waals surface area contributed by atoms with E-state index in [9.17, 15) is 4.79 Å². The molecule has 2 aromatic rings. The fraction of sp³-hybridized carbons (Fsp3) is 0.250. The minimum atomic E-state index is -0.235. The van der Waals surface area contributed by atoms with Crippen molar-refractivity contribution in [3.8, 4) is 5.75 Å². The normalized spacial score (nSPS) is 10.2. The Balaban J connectivity index is 1.75. The summed E-state index contributed by atoms with van der Waals surface area (Å²) < 4.78 is 10.3. The fourth-order valence-electron chi connectivity index (χ4n) is 1.77. The third-order valence-electron chi connectivity index (χ3n) is 2.97. The lowest BCUT2D eigenvalue weighted by atomic mass is 10.1. The molecular weight excluding hydrogens is 290 g/mol. The van der Waals surface area contributed by atoms with Gasteiger partial charge in [-0.05, 0) is 30.2 Å². The van der Waals surface area contributed by atoms with Gasteiger partial charge in [0.2, 0.25) is 0 Å². The summed E-state index contributed by atoms with van der Waals surface area (Å²) in [5.41, 5.74) is 1.89. The quantitative estimate of drug-likeness (QED) is 0.606. The summed E-state index contributed by atoms with van der Waals surface area (Å²) in [7, 11) is 1.62. The number of aromatic nitrogens is 1. The van der Waals surface area contributed by atoms with E-state index in [1.54, 1.807) is 25.4 Å². The lowest BCUT2D eigenvalue weighted by Gasteiger charge is -2.05. The van der Waals surface area contributed by atoms with Gasteiger partial charge in [0.25, 0.3) is 0 Å². The maximum atomic E-state index is 11.7. The largest absolute Gasteiger partial charge is 0.497 e. The van der Waals surface area contributed by atoms with Crippen molar-refractivity contribution in [1.82, 2.24) is 4.98 Å². The van der Waals surface area contributed by atoms with Crippen LogP contribution in [0.4, 0.5) is 0 Å². The van der Waals surface area contributed by atoms with Gasteiger partial charge < -0.3 is 9.47 Å². The number of hydrogen-bond donors (Lipinski definition) is 0. The van der Waals surface area contributed by atoms with Crippen molar-refractivity contribution >= 4 is 17.6 Å². The van der Waals surface area contributed by atoms with Crippen molar-refractivity contribution in [3.05, 3.63) is 58.9 Å². The van der Waals surface area contributed by atoms with Crippen LogP contribution in [0.15, 0.2) is 42.6 Å². The van der Waals surface area contributed by atoms with Gasteiger partial charge in [-0.25, -0.2) is 4.98 Å². The second-order valence-corrected chi connectivity index (χ2v) is 4.89. The SMILES string of the molecule is COc1ccc(CCC(=O)OCc2ccc(Cl)nc2)cc1. The molecule has 0 bridgehead atoms. The van der Waals surface area contributed by atoms with Crippen molar-refractivity contribution in [2.75, 3.05) is 7.11 Å². The van der Waals surface area contributed by atoms with E-state index in [0.717, 1.165) is 16.9 Å². The monoisotopic (exact) mass is 305 g/mol. The zero-order valence-corrected chi connectivity index (χ0v) is 12.5. The van der Waals surface area contributed by atoms with Gasteiger partial charge in [0.1, 0.15) is 17.5 Å². The summed E-state index contributed by atoms with van der Waals surface area (Å²) in [6.07, 6.45) is 2.58. The molecule has 0 aliphatic carbocycles. The van der Waals surface area contributed by atoms with Gasteiger partial charge in [-0.1, -0.05) is 29.8 Å². The fourth-order valence-corrected chi connectivity index (χ4v) is 1.88. The number of halogens is 1. The molecule has 1 heterocycles. The van der Waals surface area contributed by atoms with Gasteiger partial charge in [-0.15, -0.1) is 0 Å². The molecule has 21 heavy (non-hydrogen) atoms. The first-order chi connectivity index (χ1) is 10.2. The Morgan fingerprint density at radius 3 is 2.48 bits per heavy atom. The summed E-state index contributed by atoms with van der Waals surface area (Å²) >= 11 is 5.69. The average Bonchev–Trinajstić information content (AvgIpc) is 2.53. The van der Waals surface area contributed by atoms with Crippen LogP contribution >= 0.6 is 11.6 Å². The molecule has 0 amide bonds. The maximum absolute atomic E-state index is 11.7. The highest BCUT2D eigenvalue weighted by Gasteiger charge is 2.05. The Hall–Kier alpha value is -2.07. The second kappa shape index (κ2) is 7.64. The smallest absolute Gasteiger partial charge is 0.306 e. The summed E-state index contributed by atoms with van der Waals surface area (Å²) in [5.74, 6) is 0.567. The van der Waals surface area contributed by atoms with E-state index in [-0.39, 0.29) is 12.6 Å². The third kappa shape index (κ3) is 5.08. The van der Waals surface area contributed by atoms with Gasteiger partial charge in [0.05, 0.1) is 7.11 Å². The van der Waals surface area contributed by atoms with E-state index in [2.05, 4.69) is 4.98 Å². The molecule has 0 aliphatic rings. The lowest BCUT2D eigenvalue weighted by molar-refractivity contribution is -0.144. The topological polar surface area (TPSA) is 48.4 Å². The van der Waals surface area contributed by atoms with Gasteiger partial charge in [-0.3, -0.25) is 4.79 Å². The van der Waals surface area contributed by atoms with Crippen molar-refractivity contribution in [1.29, 1.82) is 0 Å². The van der Waals surface area contributed by atoms with E-state index in [1.165, 1.54) is 0 Å². The van der Waals surface area contributed by atoms with Crippen LogP contribution < -0.4 is 4.74 Å². The molecule has 5 heteroatoms. The van der Waals surface area contributed by atoms with E-state index in [4.69, 9.17) is 21.1 Å². The molecule has 0 unspecified atom stereocenters. The number of hydrogen-bond acceptors (Lipinski definition) is 4. The van der Waals surface area contributed by atoms with E-state index in [0.29, 0.717) is 18.0 Å². The molecule has 0 saturated carbocycles. The molecule has 0 radical (unpaired) electrons. The Bertz CT molecular complexity index is 581. The Kier molecular flexibility index (Phi) is 5.58. The maximum Gasteiger partial charge on any atom is 0.306 e. The first-order valence-corrected chi connectivity index (χ1v) is 6.94. The van der Waals surface area contributed by atoms with Crippen LogP contribution in [0.1, 0.15) is 17.5 Å². The number of methoxy groups -OCH3 is 1. The molecule has 1 aromatic heterocycles. The standard InChI is InChI=1S/C16H16ClNO3/c1-20-14-6-2-12(3-7-14)5-9-16(19)21-11-13-4-8-15(17)18-10-13/h2-4,6-8,10H,5,9,11H2,1H3. The van der Waals surface area contributed by atoms with E-state index >= 15 is 0 Å². The number of carbonyl (C=O) groups excluding carboxylic acids is 1. The number of pyridine rings is 1. The van der Waals surface area contributed by atoms with Gasteiger partial charge >= 0.3 is 5.97 Å². The molecular formula is C16H16ClNO3. The van der Waals surface area contributed by atoms with Crippen LogP contribution in [0.25, 0.3) is 0 Å². The van der Waals surface area contributed by atoms with E-state index < -0.39 is 0 Å². The van der Waals surface area contributed by atoms with Crippen molar-refractivity contribution in [2.24, 2.45) is 0 Å². The van der Waals surface area contributed by atoms with Crippen LogP contribution in [-0.2, 0) is 22.6 Å². The number of nitrogens with zero attached hydrogens (tertiary/aromatic N) is 1. The van der Waals surface area contributed by atoms with Crippen LogP contribution in [0.2, 0.25) is 5.15 Å². The minimum absolute atomic E-state index is 0.214. The number of ether oxygens (including phenoxy) is 2. The summed E-state index contributed by atoms with van der Waals surface area (Å²) in [6.45, 7) is 0.214. The first kappa shape index (κ1) is 15.3. The molecule has 0 fully saturated rings. The predicted octanol–water partition coefficient (Wildman–Crippen LogP) is 3.42. The molecule has 0 N–H and O–H groups in total. The highest BCUT2D eigenvalue weighted by Crippen LogP contribution is 2.13. The Morgan fingerprint density at radius 1 is 1.14 bits per heavy atom. The van der Waals surface area contributed by atoms with Gasteiger partial charge in [0.15, 0.2) is 0 Å². The number of aryl methyl sites for hydroxylation is 1. The van der Waals surface area contributed by atoms with Gasteiger partial charge in [-0.2, -0.15) is 0 Å². The highest BCUT2D eigenvalue weighted by atomic mass is 35.5. The van der Waals surface area contributed by atoms with Crippen LogP contribution in [0.3, 0.4) is 0 Å². The van der Waals surface area contributed by atoms with Crippen LogP contribution in [0, 0.1) is 0 Å². The zero-order valence-electron chi connectivity index (χ0n) is 11.7. The number of esters is 1. The second-order valence-electron chi connectivity index (χ2n) is 4.50. The molecule has 0 aliphatic heterocycles. The van der Waals surface area contributed by atoms with Gasteiger partial charge in [0, 0.05) is 18.2 Å². The average molecular weight is 306 g/mol. The van der Waals surface area contributed by atoms with Crippen molar-refractivity contribution in [3.63, 3.8) is 0 Å². The van der Waals surface area contributed by atoms with E-state index in [1.807, 2.05) is 24.3 Å². The molecule has 110 valence electrons. The number of benzene rings is 1. The molecule has 0 atom stereocenters. The molecule has 2 rings (SSSR count). The molecule has 0 spiro atoms. The van der Waals surface area contributed by atoms with Crippen molar-refractivity contribution in [2.45, 2.75) is 19.4 Å². The lowest BCUT2D eigenvalue weighted by Crippen LogP contribution is -2.06. The predicted molar refractivity (Wildman–Crippen MR) is 80.4 cm³/mol. The summed E-state index contributed by atoms with van der Waals surface area (Å²) in [5, 5.41) is 0.421. The van der Waals surface area contributed by atoms with Crippen LogP contribution in [-0.4, -0.2) is 18.1 Å². The highest BCUT2D eigenvalue weighted by molar-refractivity contribution is 6.29. The Morgan fingerprint density at radius 2 is 1.86 bits per heavy atom. The Labute approximate surface area is 128 Å². The van der Waals surface area contributed by atoms with Crippen LogP contribution in [0.5, 0.6) is 5.75 Å². The third-order valence-corrected chi connectivity index (χ3v) is 3.19. The van der Waals surface area contributed by atoms with Crippen molar-refractivity contribution < 1.29 is 14.3 Å². The molecule has 0 saturated heterocycles. The summed E-state index contributed by atoms with van der Waals surface area (Å²) in [4.78, 5) is 15.6. The number of carbonyl (C=O) groups is 1.